The van der Waals surface area contributed by atoms with E-state index in [9.17, 15) is 0 Å². The zero-order chi connectivity index (χ0) is 13.1. The summed E-state index contributed by atoms with van der Waals surface area (Å²) in [7, 11) is 0. The monoisotopic (exact) mass is 275 g/mol. The summed E-state index contributed by atoms with van der Waals surface area (Å²) in [5, 5.41) is 2.14. The molecule has 4 heteroatoms. The zero-order valence-corrected chi connectivity index (χ0v) is 12.1. The Bertz CT molecular complexity index is 473. The lowest BCUT2D eigenvalue weighted by molar-refractivity contribution is 0.122. The highest BCUT2D eigenvalue weighted by molar-refractivity contribution is 7.10. The predicted octanol–water partition coefficient (Wildman–Crippen LogP) is 1.34. The summed E-state index contributed by atoms with van der Waals surface area (Å²) in [5.41, 5.74) is 6.50. The Hall–Kier alpha value is -0.860. The summed E-state index contributed by atoms with van der Waals surface area (Å²) in [5.74, 6) is 6.01. The van der Waals surface area contributed by atoms with E-state index in [0.29, 0.717) is 6.54 Å². The highest BCUT2D eigenvalue weighted by atomic mass is 32.1. The molecule has 0 radical (unpaired) electrons. The van der Waals surface area contributed by atoms with Crippen molar-refractivity contribution >= 4 is 11.3 Å². The van der Waals surface area contributed by atoms with Crippen molar-refractivity contribution in [3.05, 3.63) is 21.9 Å². The summed E-state index contributed by atoms with van der Waals surface area (Å²) in [6.07, 6.45) is 2.85. The largest absolute Gasteiger partial charge is 0.320 e. The van der Waals surface area contributed by atoms with Gasteiger partial charge in [0.15, 0.2) is 0 Å². The third-order valence-electron chi connectivity index (χ3n) is 3.84. The number of piperazine rings is 1. The molecule has 1 aliphatic heterocycles. The molecule has 3 nitrogen and oxygen atoms in total. The Labute approximate surface area is 119 Å². The fourth-order valence-corrected chi connectivity index (χ4v) is 3.49. The molecule has 0 aromatic carbocycles. The first-order valence-corrected chi connectivity index (χ1v) is 7.96. The molecule has 3 rings (SSSR count). The SMILES string of the molecule is NCC#Cc1csc(CN2CCN(C3CC3)CC2)c1. The Morgan fingerprint density at radius 1 is 1.26 bits per heavy atom. The zero-order valence-electron chi connectivity index (χ0n) is 11.3. The minimum absolute atomic E-state index is 0.439. The van der Waals surface area contributed by atoms with Crippen molar-refractivity contribution in [3.8, 4) is 11.8 Å². The fourth-order valence-electron chi connectivity index (χ4n) is 2.63. The first kappa shape index (κ1) is 13.1. The summed E-state index contributed by atoms with van der Waals surface area (Å²) in [6, 6.07) is 3.13. The number of hydrogen-bond donors (Lipinski definition) is 1. The van der Waals surface area contributed by atoms with E-state index in [1.807, 2.05) is 11.3 Å². The predicted molar refractivity (Wildman–Crippen MR) is 80.1 cm³/mol. The van der Waals surface area contributed by atoms with Gasteiger partial charge in [0.05, 0.1) is 6.54 Å². The van der Waals surface area contributed by atoms with Gasteiger partial charge in [-0.15, -0.1) is 11.3 Å². The number of rotatable bonds is 3. The second-order valence-corrected chi connectivity index (χ2v) is 6.35. The molecule has 0 spiro atoms. The molecule has 2 fully saturated rings. The van der Waals surface area contributed by atoms with E-state index in [4.69, 9.17) is 5.73 Å². The molecule has 0 atom stereocenters. The van der Waals surface area contributed by atoms with Gasteiger partial charge in [0.2, 0.25) is 0 Å². The second kappa shape index (κ2) is 6.06. The average Bonchev–Trinajstić information content (AvgIpc) is 3.19. The molecule has 1 aromatic rings. The molecule has 2 aliphatic rings. The Balaban J connectivity index is 1.49. The summed E-state index contributed by atoms with van der Waals surface area (Å²) in [4.78, 5) is 6.63. The summed E-state index contributed by atoms with van der Waals surface area (Å²) in [6.45, 7) is 6.42. The van der Waals surface area contributed by atoms with E-state index in [1.54, 1.807) is 0 Å². The molecular formula is C15H21N3S. The molecule has 0 amide bonds. The molecule has 1 saturated carbocycles. The van der Waals surface area contributed by atoms with Crippen molar-refractivity contribution < 1.29 is 0 Å². The van der Waals surface area contributed by atoms with Gasteiger partial charge >= 0.3 is 0 Å². The molecule has 19 heavy (non-hydrogen) atoms. The highest BCUT2D eigenvalue weighted by Crippen LogP contribution is 2.27. The van der Waals surface area contributed by atoms with E-state index in [2.05, 4.69) is 33.1 Å². The minimum Gasteiger partial charge on any atom is -0.320 e. The van der Waals surface area contributed by atoms with Gasteiger partial charge in [0, 0.05) is 54.6 Å². The van der Waals surface area contributed by atoms with Crippen molar-refractivity contribution in [3.63, 3.8) is 0 Å². The lowest BCUT2D eigenvalue weighted by Gasteiger charge is -2.34. The Morgan fingerprint density at radius 3 is 2.74 bits per heavy atom. The van der Waals surface area contributed by atoms with Crippen LogP contribution in [-0.2, 0) is 6.54 Å². The van der Waals surface area contributed by atoms with Crippen LogP contribution in [0.5, 0.6) is 0 Å². The normalized spacial score (nSPS) is 21.1. The van der Waals surface area contributed by atoms with Crippen LogP contribution in [0.25, 0.3) is 0 Å². The van der Waals surface area contributed by atoms with E-state index in [-0.39, 0.29) is 0 Å². The van der Waals surface area contributed by atoms with Crippen LogP contribution in [0.15, 0.2) is 11.4 Å². The minimum atomic E-state index is 0.439. The molecular weight excluding hydrogens is 254 g/mol. The maximum absolute atomic E-state index is 5.39. The van der Waals surface area contributed by atoms with Gasteiger partial charge in [-0.3, -0.25) is 9.80 Å². The molecule has 0 bridgehead atoms. The standard InChI is InChI=1S/C15H21N3S/c16-5-1-2-13-10-15(19-12-13)11-17-6-8-18(9-7-17)14-3-4-14/h10,12,14H,3-9,11,16H2. The second-order valence-electron chi connectivity index (χ2n) is 5.35. The lowest BCUT2D eigenvalue weighted by Crippen LogP contribution is -2.46. The summed E-state index contributed by atoms with van der Waals surface area (Å²) >= 11 is 1.81. The first-order valence-electron chi connectivity index (χ1n) is 7.08. The molecule has 102 valence electrons. The summed E-state index contributed by atoms with van der Waals surface area (Å²) < 4.78 is 0. The van der Waals surface area contributed by atoms with Gasteiger partial charge in [-0.2, -0.15) is 0 Å². The highest BCUT2D eigenvalue weighted by Gasteiger charge is 2.31. The van der Waals surface area contributed by atoms with Gasteiger partial charge in [-0.05, 0) is 18.9 Å². The van der Waals surface area contributed by atoms with E-state index in [1.165, 1.54) is 43.9 Å². The van der Waals surface area contributed by atoms with Crippen LogP contribution < -0.4 is 5.73 Å². The van der Waals surface area contributed by atoms with Crippen molar-refractivity contribution in [1.29, 1.82) is 0 Å². The van der Waals surface area contributed by atoms with Gasteiger partial charge in [-0.1, -0.05) is 11.8 Å². The molecule has 0 unspecified atom stereocenters. The van der Waals surface area contributed by atoms with Crippen LogP contribution in [0, 0.1) is 11.8 Å². The lowest BCUT2D eigenvalue weighted by atomic mass is 10.2. The van der Waals surface area contributed by atoms with Gasteiger partial charge in [0.1, 0.15) is 0 Å². The van der Waals surface area contributed by atoms with E-state index < -0.39 is 0 Å². The maximum atomic E-state index is 5.39. The van der Waals surface area contributed by atoms with E-state index >= 15 is 0 Å². The third kappa shape index (κ3) is 3.58. The van der Waals surface area contributed by atoms with Crippen LogP contribution in [0.1, 0.15) is 23.3 Å². The number of thiophene rings is 1. The van der Waals surface area contributed by atoms with Gasteiger partial charge in [-0.25, -0.2) is 0 Å². The van der Waals surface area contributed by atoms with Crippen LogP contribution in [0.3, 0.4) is 0 Å². The van der Waals surface area contributed by atoms with Crippen molar-refractivity contribution in [2.75, 3.05) is 32.7 Å². The van der Waals surface area contributed by atoms with E-state index in [0.717, 1.165) is 18.2 Å². The van der Waals surface area contributed by atoms with Crippen molar-refractivity contribution in [2.45, 2.75) is 25.4 Å². The van der Waals surface area contributed by atoms with Crippen molar-refractivity contribution in [2.24, 2.45) is 5.73 Å². The first-order chi connectivity index (χ1) is 9.35. The number of hydrogen-bond acceptors (Lipinski definition) is 4. The number of nitrogens with zero attached hydrogens (tertiary/aromatic N) is 2. The fraction of sp³-hybridized carbons (Fsp3) is 0.600. The van der Waals surface area contributed by atoms with Gasteiger partial charge in [0.25, 0.3) is 0 Å². The maximum Gasteiger partial charge on any atom is 0.0555 e. The molecule has 1 aliphatic carbocycles. The Morgan fingerprint density at radius 2 is 2.05 bits per heavy atom. The molecule has 2 N–H and O–H groups in total. The topological polar surface area (TPSA) is 32.5 Å². The van der Waals surface area contributed by atoms with Crippen LogP contribution in [-0.4, -0.2) is 48.6 Å². The molecule has 2 heterocycles. The smallest absolute Gasteiger partial charge is 0.0555 e. The van der Waals surface area contributed by atoms with Gasteiger partial charge < -0.3 is 5.73 Å². The number of nitrogens with two attached hydrogens (primary N) is 1. The molecule has 1 saturated heterocycles. The molecule has 1 aromatic heterocycles. The Kier molecular flexibility index (Phi) is 4.19. The van der Waals surface area contributed by atoms with Crippen LogP contribution >= 0.6 is 11.3 Å². The quantitative estimate of drug-likeness (QED) is 0.845. The average molecular weight is 275 g/mol. The van der Waals surface area contributed by atoms with Crippen LogP contribution in [0.2, 0.25) is 0 Å². The van der Waals surface area contributed by atoms with Crippen molar-refractivity contribution in [1.82, 2.24) is 9.80 Å². The van der Waals surface area contributed by atoms with Crippen LogP contribution in [0.4, 0.5) is 0 Å². The third-order valence-corrected chi connectivity index (χ3v) is 4.76.